The van der Waals surface area contributed by atoms with Gasteiger partial charge in [-0.15, -0.1) is 0 Å². The molecule has 1 aliphatic rings. The molecule has 4 nitrogen and oxygen atoms in total. The third-order valence-corrected chi connectivity index (χ3v) is 3.74. The molecule has 1 atom stereocenters. The number of anilines is 1. The maximum atomic E-state index is 12.4. The summed E-state index contributed by atoms with van der Waals surface area (Å²) >= 11 is 0. The number of nitrogens with zero attached hydrogens (tertiary/aromatic N) is 1. The lowest BCUT2D eigenvalue weighted by molar-refractivity contribution is -0.172. The Morgan fingerprint density at radius 1 is 1.50 bits per heavy atom. The Kier molecular flexibility index (Phi) is 3.87. The summed E-state index contributed by atoms with van der Waals surface area (Å²) in [5, 5.41) is 1.31. The minimum Gasteiger partial charge on any atom is -0.399 e. The first-order valence-corrected chi connectivity index (χ1v) is 6.30. The van der Waals surface area contributed by atoms with Crippen molar-refractivity contribution in [3.63, 3.8) is 0 Å². The van der Waals surface area contributed by atoms with Crippen LogP contribution in [-0.4, -0.2) is 25.1 Å². The molecular formula is C14H20N2O2. The molecule has 2 rings (SSSR count). The molecule has 1 aliphatic carbocycles. The van der Waals surface area contributed by atoms with Crippen molar-refractivity contribution in [3.05, 3.63) is 29.8 Å². The van der Waals surface area contributed by atoms with Gasteiger partial charge in [0.05, 0.1) is 13.0 Å². The molecule has 4 heteroatoms. The summed E-state index contributed by atoms with van der Waals surface area (Å²) in [6.07, 6.45) is 3.40. The molecule has 1 unspecified atom stereocenters. The van der Waals surface area contributed by atoms with E-state index in [1.54, 1.807) is 7.05 Å². The number of hydroxylamine groups is 2. The summed E-state index contributed by atoms with van der Waals surface area (Å²) in [6, 6.07) is 7.60. The molecule has 0 radical (unpaired) electrons. The van der Waals surface area contributed by atoms with Gasteiger partial charge in [-0.1, -0.05) is 18.6 Å². The Morgan fingerprint density at radius 3 is 2.72 bits per heavy atom. The first kappa shape index (κ1) is 12.9. The van der Waals surface area contributed by atoms with Crippen molar-refractivity contribution in [3.8, 4) is 0 Å². The van der Waals surface area contributed by atoms with Crippen molar-refractivity contribution < 1.29 is 9.63 Å². The highest BCUT2D eigenvalue weighted by atomic mass is 16.7. The SMILES string of the molecule is CON(C)C(=O)C(c1cccc(N)c1)C1CCC1. The number of likely N-dealkylation sites (N-methyl/N-ethyl adjacent to an activating group) is 1. The quantitative estimate of drug-likeness (QED) is 0.656. The van der Waals surface area contributed by atoms with Gasteiger partial charge in [-0.3, -0.25) is 9.63 Å². The van der Waals surface area contributed by atoms with Crippen LogP contribution in [0.1, 0.15) is 30.7 Å². The summed E-state index contributed by atoms with van der Waals surface area (Å²) in [5.41, 5.74) is 7.50. The molecule has 1 fully saturated rings. The van der Waals surface area contributed by atoms with Gasteiger partial charge in [-0.2, -0.15) is 0 Å². The van der Waals surface area contributed by atoms with Crippen LogP contribution >= 0.6 is 0 Å². The lowest BCUT2D eigenvalue weighted by atomic mass is 9.72. The van der Waals surface area contributed by atoms with Gasteiger partial charge in [-0.05, 0) is 36.5 Å². The van der Waals surface area contributed by atoms with Crippen LogP contribution in [0, 0.1) is 5.92 Å². The normalized spacial score (nSPS) is 17.0. The van der Waals surface area contributed by atoms with Gasteiger partial charge in [0.1, 0.15) is 0 Å². The molecule has 1 aromatic rings. The van der Waals surface area contributed by atoms with Crippen LogP contribution in [0.2, 0.25) is 0 Å². The van der Waals surface area contributed by atoms with E-state index in [9.17, 15) is 4.79 Å². The molecule has 0 aliphatic heterocycles. The van der Waals surface area contributed by atoms with E-state index in [-0.39, 0.29) is 11.8 Å². The molecule has 1 amide bonds. The monoisotopic (exact) mass is 248 g/mol. The van der Waals surface area contributed by atoms with Crippen LogP contribution in [0.5, 0.6) is 0 Å². The third-order valence-electron chi connectivity index (χ3n) is 3.74. The predicted octanol–water partition coefficient (Wildman–Crippen LogP) is 2.17. The number of amides is 1. The summed E-state index contributed by atoms with van der Waals surface area (Å²) in [7, 11) is 3.16. The standard InChI is InChI=1S/C14H20N2O2/c1-16(18-2)14(17)13(10-5-3-6-10)11-7-4-8-12(15)9-11/h4,7-10,13H,3,5-6,15H2,1-2H3. The predicted molar refractivity (Wildman–Crippen MR) is 70.7 cm³/mol. The minimum atomic E-state index is -0.132. The summed E-state index contributed by atoms with van der Waals surface area (Å²) in [5.74, 6) is 0.289. The van der Waals surface area contributed by atoms with E-state index < -0.39 is 0 Å². The summed E-state index contributed by atoms with van der Waals surface area (Å²) in [4.78, 5) is 17.4. The first-order chi connectivity index (χ1) is 8.63. The second-order valence-corrected chi connectivity index (χ2v) is 4.86. The molecule has 1 saturated carbocycles. The highest BCUT2D eigenvalue weighted by Gasteiger charge is 2.35. The first-order valence-electron chi connectivity index (χ1n) is 6.30. The van der Waals surface area contributed by atoms with E-state index in [1.807, 2.05) is 24.3 Å². The van der Waals surface area contributed by atoms with Crippen molar-refractivity contribution >= 4 is 11.6 Å². The van der Waals surface area contributed by atoms with E-state index in [0.717, 1.165) is 18.4 Å². The van der Waals surface area contributed by atoms with E-state index in [4.69, 9.17) is 10.6 Å². The maximum absolute atomic E-state index is 12.4. The van der Waals surface area contributed by atoms with Gasteiger partial charge >= 0.3 is 0 Å². The summed E-state index contributed by atoms with van der Waals surface area (Å²) in [6.45, 7) is 0. The fourth-order valence-corrected chi connectivity index (χ4v) is 2.43. The molecule has 2 N–H and O–H groups in total. The molecule has 0 aromatic heterocycles. The smallest absolute Gasteiger partial charge is 0.253 e. The highest BCUT2D eigenvalue weighted by molar-refractivity contribution is 5.83. The fraction of sp³-hybridized carbons (Fsp3) is 0.500. The van der Waals surface area contributed by atoms with Crippen molar-refractivity contribution in [1.29, 1.82) is 0 Å². The largest absolute Gasteiger partial charge is 0.399 e. The van der Waals surface area contributed by atoms with Gasteiger partial charge < -0.3 is 5.73 Å². The lowest BCUT2D eigenvalue weighted by Crippen LogP contribution is -2.36. The molecule has 0 spiro atoms. The second kappa shape index (κ2) is 5.40. The van der Waals surface area contributed by atoms with Crippen LogP contribution in [-0.2, 0) is 9.63 Å². The Morgan fingerprint density at radius 2 is 2.22 bits per heavy atom. The number of carbonyl (C=O) groups excluding carboxylic acids is 1. The van der Waals surface area contributed by atoms with Crippen LogP contribution in [0.15, 0.2) is 24.3 Å². The minimum absolute atomic E-state index is 0.00722. The Bertz CT molecular complexity index is 430. The van der Waals surface area contributed by atoms with Gasteiger partial charge in [0.25, 0.3) is 5.91 Å². The van der Waals surface area contributed by atoms with E-state index >= 15 is 0 Å². The molecular weight excluding hydrogens is 228 g/mol. The zero-order chi connectivity index (χ0) is 13.1. The zero-order valence-electron chi connectivity index (χ0n) is 10.9. The topological polar surface area (TPSA) is 55.6 Å². The van der Waals surface area contributed by atoms with Gasteiger partial charge in [0, 0.05) is 12.7 Å². The third kappa shape index (κ3) is 2.48. The van der Waals surface area contributed by atoms with Gasteiger partial charge in [0.15, 0.2) is 0 Å². The molecule has 0 heterocycles. The van der Waals surface area contributed by atoms with E-state index in [0.29, 0.717) is 11.6 Å². The van der Waals surface area contributed by atoms with E-state index in [1.165, 1.54) is 18.6 Å². The molecule has 18 heavy (non-hydrogen) atoms. The Balaban J connectivity index is 2.27. The molecule has 1 aromatic carbocycles. The average Bonchev–Trinajstić information content (AvgIpc) is 2.31. The average molecular weight is 248 g/mol. The van der Waals surface area contributed by atoms with Crippen molar-refractivity contribution in [2.24, 2.45) is 5.92 Å². The number of carbonyl (C=O) groups is 1. The fourth-order valence-electron chi connectivity index (χ4n) is 2.43. The van der Waals surface area contributed by atoms with Crippen LogP contribution in [0.4, 0.5) is 5.69 Å². The second-order valence-electron chi connectivity index (χ2n) is 4.86. The highest BCUT2D eigenvalue weighted by Crippen LogP contribution is 2.40. The lowest BCUT2D eigenvalue weighted by Gasteiger charge is -2.34. The van der Waals surface area contributed by atoms with Crippen LogP contribution < -0.4 is 5.73 Å². The van der Waals surface area contributed by atoms with Crippen molar-refractivity contribution in [2.45, 2.75) is 25.2 Å². The molecule has 0 saturated heterocycles. The number of hydrogen-bond acceptors (Lipinski definition) is 3. The molecule has 0 bridgehead atoms. The van der Waals surface area contributed by atoms with Gasteiger partial charge in [-0.25, -0.2) is 5.06 Å². The van der Waals surface area contributed by atoms with Gasteiger partial charge in [0.2, 0.25) is 0 Å². The van der Waals surface area contributed by atoms with Crippen molar-refractivity contribution in [2.75, 3.05) is 19.9 Å². The molecule has 98 valence electrons. The number of benzene rings is 1. The van der Waals surface area contributed by atoms with Crippen LogP contribution in [0.25, 0.3) is 0 Å². The van der Waals surface area contributed by atoms with Crippen LogP contribution in [0.3, 0.4) is 0 Å². The Labute approximate surface area is 108 Å². The Hall–Kier alpha value is -1.55. The summed E-state index contributed by atoms with van der Waals surface area (Å²) < 4.78 is 0. The number of hydrogen-bond donors (Lipinski definition) is 1. The van der Waals surface area contributed by atoms with Crippen molar-refractivity contribution in [1.82, 2.24) is 5.06 Å². The number of rotatable bonds is 4. The maximum Gasteiger partial charge on any atom is 0.253 e. The van der Waals surface area contributed by atoms with E-state index in [2.05, 4.69) is 0 Å². The number of nitrogen functional groups attached to an aromatic ring is 1. The zero-order valence-corrected chi connectivity index (χ0v) is 10.9. The number of nitrogens with two attached hydrogens (primary N) is 1.